The molecular formula is C28H27N7O4S. The number of nitrogens with zero attached hydrogens (tertiary/aromatic N) is 4. The number of nitrogens with one attached hydrogen (secondary N) is 3. The molecule has 12 heteroatoms. The Bertz CT molecular complexity index is 1500. The fourth-order valence-corrected chi connectivity index (χ4v) is 6.57. The summed E-state index contributed by atoms with van der Waals surface area (Å²) in [4.78, 5) is 53.4. The summed E-state index contributed by atoms with van der Waals surface area (Å²) < 4.78 is 5.89. The number of rotatable bonds is 7. The number of pyridine rings is 3. The fourth-order valence-electron chi connectivity index (χ4n) is 5.33. The van der Waals surface area contributed by atoms with Gasteiger partial charge in [-0.1, -0.05) is 18.3 Å². The third kappa shape index (κ3) is 4.75. The number of urea groups is 1. The molecule has 1 fully saturated rings. The van der Waals surface area contributed by atoms with Gasteiger partial charge in [-0.3, -0.25) is 14.6 Å². The first kappa shape index (κ1) is 25.8. The molecule has 6 rings (SSSR count). The van der Waals surface area contributed by atoms with Crippen LogP contribution in [0.1, 0.15) is 36.6 Å². The number of ether oxygens (including phenoxy) is 1. The molecule has 3 aliphatic rings. The fraction of sp³-hybridized carbons (Fsp3) is 0.286. The van der Waals surface area contributed by atoms with E-state index in [4.69, 9.17) is 4.74 Å². The lowest BCUT2D eigenvalue weighted by Gasteiger charge is -2.34. The first-order valence-corrected chi connectivity index (χ1v) is 13.9. The number of anilines is 2. The van der Waals surface area contributed by atoms with E-state index < -0.39 is 17.3 Å². The highest BCUT2D eigenvalue weighted by Crippen LogP contribution is 2.50. The third-order valence-electron chi connectivity index (χ3n) is 7.26. The molecule has 11 nitrogen and oxygen atoms in total. The molecule has 3 aromatic rings. The average molecular weight is 558 g/mol. The van der Waals surface area contributed by atoms with Crippen LogP contribution in [0.5, 0.6) is 11.5 Å². The maximum atomic E-state index is 13.5. The van der Waals surface area contributed by atoms with E-state index in [2.05, 4.69) is 37.5 Å². The van der Waals surface area contributed by atoms with Gasteiger partial charge in [-0.25, -0.2) is 19.7 Å². The Kier molecular flexibility index (Phi) is 6.84. The SMILES string of the molecule is C=CC(=O)N[C@H]1CCC[C@H]1NC(=O)C1Sc2nccc3c2C1NC(=O)N3c1ccc(Oc2cccnc2C)cn1. The average Bonchev–Trinajstić information content (AvgIpc) is 3.55. The lowest BCUT2D eigenvalue weighted by atomic mass is 10.00. The van der Waals surface area contributed by atoms with Crippen molar-refractivity contribution in [2.45, 2.75) is 54.6 Å². The van der Waals surface area contributed by atoms with Gasteiger partial charge in [0.2, 0.25) is 11.8 Å². The van der Waals surface area contributed by atoms with Gasteiger partial charge in [-0.05, 0) is 62.6 Å². The number of aryl methyl sites for hydroxylation is 1. The minimum atomic E-state index is -0.599. The van der Waals surface area contributed by atoms with Crippen LogP contribution in [0.25, 0.3) is 0 Å². The van der Waals surface area contributed by atoms with Crippen LogP contribution in [-0.4, -0.2) is 50.1 Å². The highest BCUT2D eigenvalue weighted by Gasteiger charge is 2.47. The molecular weight excluding hydrogens is 530 g/mol. The van der Waals surface area contributed by atoms with Gasteiger partial charge >= 0.3 is 6.03 Å². The van der Waals surface area contributed by atoms with Gasteiger partial charge in [-0.15, -0.1) is 0 Å². The maximum absolute atomic E-state index is 13.5. The lowest BCUT2D eigenvalue weighted by Crippen LogP contribution is -2.53. The van der Waals surface area contributed by atoms with Crippen molar-refractivity contribution in [3.05, 3.63) is 72.8 Å². The summed E-state index contributed by atoms with van der Waals surface area (Å²) in [6.07, 6.45) is 8.54. The molecule has 1 saturated carbocycles. The number of hydrogen-bond donors (Lipinski definition) is 3. The molecule has 40 heavy (non-hydrogen) atoms. The van der Waals surface area contributed by atoms with Gasteiger partial charge in [0.1, 0.15) is 27.6 Å². The quantitative estimate of drug-likeness (QED) is 0.374. The maximum Gasteiger partial charge on any atom is 0.328 e. The Balaban J connectivity index is 1.21. The Labute approximate surface area is 234 Å². The second-order valence-corrected chi connectivity index (χ2v) is 10.9. The van der Waals surface area contributed by atoms with Gasteiger partial charge in [0.05, 0.1) is 23.6 Å². The molecule has 2 aliphatic heterocycles. The van der Waals surface area contributed by atoms with E-state index in [-0.39, 0.29) is 23.9 Å². The first-order valence-electron chi connectivity index (χ1n) is 13.0. The van der Waals surface area contributed by atoms with Gasteiger partial charge in [0.25, 0.3) is 0 Å². The van der Waals surface area contributed by atoms with Gasteiger partial charge in [0.15, 0.2) is 0 Å². The van der Waals surface area contributed by atoms with Crippen molar-refractivity contribution in [1.82, 2.24) is 30.9 Å². The molecule has 5 heterocycles. The Morgan fingerprint density at radius 3 is 2.70 bits per heavy atom. The van der Waals surface area contributed by atoms with Crippen molar-refractivity contribution >= 4 is 41.1 Å². The van der Waals surface area contributed by atoms with Crippen molar-refractivity contribution in [2.75, 3.05) is 4.90 Å². The van der Waals surface area contributed by atoms with Crippen molar-refractivity contribution < 1.29 is 19.1 Å². The Morgan fingerprint density at radius 2 is 1.95 bits per heavy atom. The third-order valence-corrected chi connectivity index (χ3v) is 8.55. The second-order valence-electron chi connectivity index (χ2n) is 9.76. The molecule has 0 aromatic carbocycles. The number of carbonyl (C=O) groups excluding carboxylic acids is 3. The Hall–Kier alpha value is -4.45. The normalized spacial score (nSPS) is 22.7. The first-order chi connectivity index (χ1) is 19.4. The molecule has 4 amide bonds. The van der Waals surface area contributed by atoms with Crippen LogP contribution in [0, 0.1) is 6.92 Å². The van der Waals surface area contributed by atoms with E-state index in [0.29, 0.717) is 28.0 Å². The summed E-state index contributed by atoms with van der Waals surface area (Å²) in [5.41, 5.74) is 2.16. The molecule has 3 aromatic heterocycles. The summed E-state index contributed by atoms with van der Waals surface area (Å²) in [6, 6.07) is 7.53. The van der Waals surface area contributed by atoms with E-state index in [1.807, 2.05) is 13.0 Å². The van der Waals surface area contributed by atoms with Crippen molar-refractivity contribution in [3.63, 3.8) is 0 Å². The van der Waals surface area contributed by atoms with E-state index in [9.17, 15) is 14.4 Å². The molecule has 2 unspecified atom stereocenters. The van der Waals surface area contributed by atoms with Gasteiger partial charge < -0.3 is 20.7 Å². The van der Waals surface area contributed by atoms with Gasteiger partial charge in [-0.2, -0.15) is 0 Å². The molecule has 204 valence electrons. The summed E-state index contributed by atoms with van der Waals surface area (Å²) in [6.45, 7) is 5.36. The van der Waals surface area contributed by atoms with Crippen LogP contribution >= 0.6 is 11.8 Å². The molecule has 0 radical (unpaired) electrons. The zero-order valence-corrected chi connectivity index (χ0v) is 22.5. The van der Waals surface area contributed by atoms with Crippen LogP contribution in [0.4, 0.5) is 16.3 Å². The standard InChI is InChI=1S/C28H27N7O4S/c1-3-22(36)32-17-6-4-7-18(17)33-26(37)25-24-23-19(11-13-30-27(23)40-25)35(28(38)34-24)21-10-9-16(14-31-21)39-20-8-5-12-29-15(20)2/h3,5,8-14,17-18,24-25H,1,4,6-7H2,2H3,(H,32,36)(H,33,37)(H,34,38)/t17-,18+,24?,25?/m0/s1. The van der Waals surface area contributed by atoms with Crippen LogP contribution in [0.2, 0.25) is 0 Å². The molecule has 3 N–H and O–H groups in total. The smallest absolute Gasteiger partial charge is 0.328 e. The number of aromatic nitrogens is 3. The van der Waals surface area contributed by atoms with E-state index in [0.717, 1.165) is 30.5 Å². The highest BCUT2D eigenvalue weighted by atomic mass is 32.2. The van der Waals surface area contributed by atoms with Crippen LogP contribution < -0.4 is 25.6 Å². The summed E-state index contributed by atoms with van der Waals surface area (Å²) >= 11 is 1.32. The Morgan fingerprint density at radius 1 is 1.12 bits per heavy atom. The number of thioether (sulfide) groups is 1. The summed E-state index contributed by atoms with van der Waals surface area (Å²) in [5.74, 6) is 1.07. The van der Waals surface area contributed by atoms with Crippen LogP contribution in [0.15, 0.2) is 66.6 Å². The molecule has 0 spiro atoms. The number of amides is 4. The van der Waals surface area contributed by atoms with E-state index in [1.54, 1.807) is 42.9 Å². The van der Waals surface area contributed by atoms with Gasteiger partial charge in [0, 0.05) is 30.0 Å². The van der Waals surface area contributed by atoms with Crippen LogP contribution in [-0.2, 0) is 9.59 Å². The molecule has 1 aliphatic carbocycles. The molecule has 0 saturated heterocycles. The highest BCUT2D eigenvalue weighted by molar-refractivity contribution is 8.01. The van der Waals surface area contributed by atoms with E-state index >= 15 is 0 Å². The zero-order valence-electron chi connectivity index (χ0n) is 21.7. The lowest BCUT2D eigenvalue weighted by molar-refractivity contribution is -0.122. The minimum absolute atomic E-state index is 0.159. The summed E-state index contributed by atoms with van der Waals surface area (Å²) in [5, 5.41) is 9.08. The number of hydrogen-bond acceptors (Lipinski definition) is 8. The van der Waals surface area contributed by atoms with Crippen molar-refractivity contribution in [3.8, 4) is 11.5 Å². The minimum Gasteiger partial charge on any atom is -0.454 e. The largest absolute Gasteiger partial charge is 0.454 e. The predicted molar refractivity (Wildman–Crippen MR) is 148 cm³/mol. The predicted octanol–water partition coefficient (Wildman–Crippen LogP) is 3.69. The van der Waals surface area contributed by atoms with Crippen LogP contribution in [0.3, 0.4) is 0 Å². The monoisotopic (exact) mass is 557 g/mol. The zero-order chi connectivity index (χ0) is 27.8. The number of carbonyl (C=O) groups is 3. The van der Waals surface area contributed by atoms with E-state index in [1.165, 1.54) is 22.7 Å². The molecule has 4 atom stereocenters. The van der Waals surface area contributed by atoms with Crippen molar-refractivity contribution in [2.24, 2.45) is 0 Å². The molecule has 0 bridgehead atoms. The second kappa shape index (κ2) is 10.6. The topological polar surface area (TPSA) is 138 Å². The van der Waals surface area contributed by atoms with Crippen molar-refractivity contribution in [1.29, 1.82) is 0 Å². The summed E-state index contributed by atoms with van der Waals surface area (Å²) in [7, 11) is 0.